The summed E-state index contributed by atoms with van der Waals surface area (Å²) in [5.74, 6) is 0. The average molecular weight is 484 g/mol. The van der Waals surface area contributed by atoms with Crippen molar-refractivity contribution in [1.82, 2.24) is 9.80 Å². The zero-order valence-electron chi connectivity index (χ0n) is 21.4. The van der Waals surface area contributed by atoms with Crippen molar-refractivity contribution in [2.45, 2.75) is 102 Å². The lowest BCUT2D eigenvalue weighted by molar-refractivity contribution is -0.0665. The lowest BCUT2D eigenvalue weighted by atomic mass is 9.87. The van der Waals surface area contributed by atoms with E-state index in [1.54, 1.807) is 0 Å². The molecule has 0 N–H and O–H groups in total. The van der Waals surface area contributed by atoms with Crippen LogP contribution in [0.2, 0.25) is 0 Å². The van der Waals surface area contributed by atoms with Crippen molar-refractivity contribution in [1.29, 1.82) is 0 Å². The second-order valence-corrected chi connectivity index (χ2v) is 10.3. The number of hydrogen-bond acceptors (Lipinski definition) is 4. The van der Waals surface area contributed by atoms with Crippen molar-refractivity contribution in [2.24, 2.45) is 5.41 Å². The molecule has 0 saturated carbocycles. The molecule has 0 bridgehead atoms. The van der Waals surface area contributed by atoms with Gasteiger partial charge in [0, 0.05) is 13.2 Å². The van der Waals surface area contributed by atoms with E-state index in [0.717, 1.165) is 26.1 Å². The first kappa shape index (κ1) is 31.4. The smallest absolute Gasteiger partial charge is 0.0974 e. The molecular formula is C25H52Cl2N2O2. The molecule has 0 amide bonds. The second kappa shape index (κ2) is 19.9. The summed E-state index contributed by atoms with van der Waals surface area (Å²) in [6, 6.07) is 0. The second-order valence-electron chi connectivity index (χ2n) is 9.47. The van der Waals surface area contributed by atoms with E-state index in [-0.39, 0.29) is 11.0 Å². The Morgan fingerprint density at radius 1 is 0.581 bits per heavy atom. The van der Waals surface area contributed by atoms with Gasteiger partial charge in [0.1, 0.15) is 0 Å². The fourth-order valence-corrected chi connectivity index (χ4v) is 4.51. The van der Waals surface area contributed by atoms with Crippen LogP contribution in [0.25, 0.3) is 0 Å². The topological polar surface area (TPSA) is 24.9 Å². The largest absolute Gasteiger partial charge is 0.381 e. The molecule has 0 radical (unpaired) electrons. The van der Waals surface area contributed by atoms with E-state index in [1.807, 2.05) is 38.0 Å². The number of hydrogen-bond donors (Lipinski definition) is 0. The molecule has 0 rings (SSSR count). The van der Waals surface area contributed by atoms with Gasteiger partial charge in [-0.05, 0) is 41.0 Å². The Balaban J connectivity index is 4.77. The Morgan fingerprint density at radius 2 is 0.903 bits per heavy atom. The third kappa shape index (κ3) is 13.7. The summed E-state index contributed by atoms with van der Waals surface area (Å²) in [4.78, 5) is 4.03. The van der Waals surface area contributed by atoms with Gasteiger partial charge >= 0.3 is 0 Å². The molecular weight excluding hydrogens is 431 g/mol. The van der Waals surface area contributed by atoms with E-state index in [1.165, 1.54) is 64.2 Å². The van der Waals surface area contributed by atoms with Crippen LogP contribution >= 0.6 is 23.2 Å². The molecule has 0 aromatic carbocycles. The van der Waals surface area contributed by atoms with Gasteiger partial charge in [0.15, 0.2) is 0 Å². The molecule has 188 valence electrons. The minimum absolute atomic E-state index is 0.286. The standard InChI is InChI=1S/C25H52Cl2N2O2/c1-7-9-11-13-15-17-19-30-21-25(23(26)28(3)4,24(27)29(5)6)22-31-20-18-16-14-12-10-8-2/h23-24H,7-22H2,1-6H3. The van der Waals surface area contributed by atoms with Crippen molar-refractivity contribution in [2.75, 3.05) is 54.6 Å². The molecule has 0 aliphatic carbocycles. The van der Waals surface area contributed by atoms with Crippen LogP contribution in [0.15, 0.2) is 0 Å². The number of alkyl halides is 2. The van der Waals surface area contributed by atoms with Crippen LogP contribution in [0.3, 0.4) is 0 Å². The molecule has 0 aromatic rings. The van der Waals surface area contributed by atoms with Crippen LogP contribution < -0.4 is 0 Å². The maximum absolute atomic E-state index is 6.93. The molecule has 0 spiro atoms. The van der Waals surface area contributed by atoms with Crippen molar-refractivity contribution in [3.8, 4) is 0 Å². The van der Waals surface area contributed by atoms with E-state index in [0.29, 0.717) is 13.2 Å². The van der Waals surface area contributed by atoms with E-state index in [2.05, 4.69) is 13.8 Å². The minimum atomic E-state index is -0.513. The summed E-state index contributed by atoms with van der Waals surface area (Å²) in [5.41, 5.74) is -1.08. The lowest BCUT2D eigenvalue weighted by Gasteiger charge is -2.45. The molecule has 0 saturated heterocycles. The van der Waals surface area contributed by atoms with Crippen LogP contribution in [0.4, 0.5) is 0 Å². The monoisotopic (exact) mass is 482 g/mol. The fraction of sp³-hybridized carbons (Fsp3) is 1.00. The SMILES string of the molecule is CCCCCCCCOCC(COCCCCCCCC)(C(Cl)N(C)C)C(Cl)N(C)C. The molecule has 2 unspecified atom stereocenters. The maximum Gasteiger partial charge on any atom is 0.0974 e. The first-order valence-electron chi connectivity index (χ1n) is 12.6. The van der Waals surface area contributed by atoms with Gasteiger partial charge in [-0.15, -0.1) is 23.2 Å². The normalized spacial score (nSPS) is 14.5. The Hall–Kier alpha value is 0.420. The van der Waals surface area contributed by atoms with Crippen molar-refractivity contribution in [3.63, 3.8) is 0 Å². The molecule has 4 nitrogen and oxygen atoms in total. The van der Waals surface area contributed by atoms with Gasteiger partial charge in [-0.25, -0.2) is 0 Å². The highest BCUT2D eigenvalue weighted by atomic mass is 35.5. The maximum atomic E-state index is 6.93. The number of rotatable bonds is 22. The number of nitrogens with zero attached hydrogens (tertiary/aromatic N) is 2. The molecule has 0 aliphatic rings. The summed E-state index contributed by atoms with van der Waals surface area (Å²) in [6.07, 6.45) is 15.0. The van der Waals surface area contributed by atoms with E-state index >= 15 is 0 Å². The Kier molecular flexibility index (Phi) is 20.1. The van der Waals surface area contributed by atoms with Crippen LogP contribution in [-0.2, 0) is 9.47 Å². The van der Waals surface area contributed by atoms with Crippen molar-refractivity contribution < 1.29 is 9.47 Å². The van der Waals surface area contributed by atoms with Gasteiger partial charge in [0.05, 0.1) is 29.6 Å². The zero-order chi connectivity index (χ0) is 23.5. The van der Waals surface area contributed by atoms with E-state index in [4.69, 9.17) is 32.7 Å². The van der Waals surface area contributed by atoms with Crippen LogP contribution in [-0.4, -0.2) is 75.4 Å². The van der Waals surface area contributed by atoms with Crippen LogP contribution in [0, 0.1) is 5.41 Å². The van der Waals surface area contributed by atoms with Gasteiger partial charge in [0.2, 0.25) is 0 Å². The molecule has 0 aliphatic heterocycles. The fourth-order valence-electron chi connectivity index (χ4n) is 3.95. The first-order valence-corrected chi connectivity index (χ1v) is 13.5. The highest BCUT2D eigenvalue weighted by Gasteiger charge is 2.47. The summed E-state index contributed by atoms with van der Waals surface area (Å²) >= 11 is 13.9. The third-order valence-corrected chi connectivity index (χ3v) is 7.53. The highest BCUT2D eigenvalue weighted by Crippen LogP contribution is 2.37. The molecule has 31 heavy (non-hydrogen) atoms. The van der Waals surface area contributed by atoms with Gasteiger partial charge < -0.3 is 9.47 Å². The number of ether oxygens (including phenoxy) is 2. The van der Waals surface area contributed by atoms with E-state index < -0.39 is 5.41 Å². The number of halogens is 2. The molecule has 0 fully saturated rings. The zero-order valence-corrected chi connectivity index (χ0v) is 22.9. The van der Waals surface area contributed by atoms with Crippen molar-refractivity contribution >= 4 is 23.2 Å². The van der Waals surface area contributed by atoms with Gasteiger partial charge in [-0.3, -0.25) is 9.80 Å². The molecule has 2 atom stereocenters. The quantitative estimate of drug-likeness (QED) is 0.0942. The molecule has 0 aromatic heterocycles. The predicted molar refractivity (Wildman–Crippen MR) is 137 cm³/mol. The van der Waals surface area contributed by atoms with Crippen LogP contribution in [0.5, 0.6) is 0 Å². The highest BCUT2D eigenvalue weighted by molar-refractivity contribution is 6.24. The van der Waals surface area contributed by atoms with Crippen LogP contribution in [0.1, 0.15) is 90.9 Å². The van der Waals surface area contributed by atoms with Gasteiger partial charge in [0.25, 0.3) is 0 Å². The molecule has 0 heterocycles. The summed E-state index contributed by atoms with van der Waals surface area (Å²) in [6.45, 7) is 6.99. The first-order chi connectivity index (χ1) is 14.8. The Bertz CT molecular complexity index is 362. The number of unbranched alkanes of at least 4 members (excludes halogenated alkanes) is 10. The minimum Gasteiger partial charge on any atom is -0.381 e. The Labute approximate surface area is 204 Å². The summed E-state index contributed by atoms with van der Waals surface area (Å²) in [7, 11) is 7.97. The molecule has 6 heteroatoms. The third-order valence-electron chi connectivity index (χ3n) is 5.88. The average Bonchev–Trinajstić information content (AvgIpc) is 2.74. The lowest BCUT2D eigenvalue weighted by Crippen LogP contribution is -2.57. The summed E-state index contributed by atoms with van der Waals surface area (Å²) in [5, 5.41) is 0. The predicted octanol–water partition coefficient (Wildman–Crippen LogP) is 6.98. The van der Waals surface area contributed by atoms with E-state index in [9.17, 15) is 0 Å². The van der Waals surface area contributed by atoms with Gasteiger partial charge in [-0.2, -0.15) is 0 Å². The Morgan fingerprint density at radius 3 is 1.23 bits per heavy atom. The van der Waals surface area contributed by atoms with Crippen molar-refractivity contribution in [3.05, 3.63) is 0 Å². The van der Waals surface area contributed by atoms with Gasteiger partial charge in [-0.1, -0.05) is 78.1 Å². The summed E-state index contributed by atoms with van der Waals surface area (Å²) < 4.78 is 12.3.